The summed E-state index contributed by atoms with van der Waals surface area (Å²) in [5, 5.41) is 13.6. The summed E-state index contributed by atoms with van der Waals surface area (Å²) >= 11 is 0. The highest BCUT2D eigenvalue weighted by atomic mass is 19.1. The van der Waals surface area contributed by atoms with Crippen LogP contribution in [-0.4, -0.2) is 40.8 Å². The summed E-state index contributed by atoms with van der Waals surface area (Å²) in [4.78, 5) is 8.98. The van der Waals surface area contributed by atoms with Gasteiger partial charge in [-0.15, -0.1) is 0 Å². The lowest BCUT2D eigenvalue weighted by Crippen LogP contribution is -2.38. The van der Waals surface area contributed by atoms with E-state index in [1.165, 1.54) is 6.07 Å². The van der Waals surface area contributed by atoms with Crippen LogP contribution in [0.3, 0.4) is 0 Å². The Hall–Kier alpha value is -3.16. The summed E-state index contributed by atoms with van der Waals surface area (Å²) in [5.74, 6) is 2.48. The first kappa shape index (κ1) is 19.6. The predicted molar refractivity (Wildman–Crippen MR) is 107 cm³/mol. The third-order valence-corrected chi connectivity index (χ3v) is 4.23. The lowest BCUT2D eigenvalue weighted by molar-refractivity contribution is 0.577. The third-order valence-electron chi connectivity index (χ3n) is 4.23. The average Bonchev–Trinajstić information content (AvgIpc) is 3.35. The third kappa shape index (κ3) is 5.42. The molecule has 8 heteroatoms. The Kier molecular flexibility index (Phi) is 6.78. The van der Waals surface area contributed by atoms with E-state index in [9.17, 15) is 4.39 Å². The minimum Gasteiger partial charge on any atom is -0.461 e. The molecule has 148 valence electrons. The number of aliphatic imine (C=N–C) groups is 1. The highest BCUT2D eigenvalue weighted by molar-refractivity contribution is 5.79. The highest BCUT2D eigenvalue weighted by Gasteiger charge is 2.08. The zero-order chi connectivity index (χ0) is 19.8. The van der Waals surface area contributed by atoms with Gasteiger partial charge in [-0.1, -0.05) is 6.07 Å². The molecule has 0 aliphatic carbocycles. The van der Waals surface area contributed by atoms with Gasteiger partial charge in [0.05, 0.1) is 6.26 Å². The number of rotatable bonds is 8. The largest absolute Gasteiger partial charge is 0.461 e. The number of H-pyrrole nitrogens is 1. The quantitative estimate of drug-likeness (QED) is 0.410. The van der Waals surface area contributed by atoms with Gasteiger partial charge in [-0.2, -0.15) is 5.10 Å². The molecule has 0 radical (unpaired) electrons. The topological polar surface area (TPSA) is 91.1 Å². The molecular weight excluding hydrogens is 359 g/mol. The van der Waals surface area contributed by atoms with Crippen LogP contribution in [0.2, 0.25) is 0 Å². The van der Waals surface area contributed by atoms with E-state index in [0.29, 0.717) is 31.1 Å². The molecule has 3 N–H and O–H groups in total. The molecule has 3 rings (SSSR count). The van der Waals surface area contributed by atoms with Crippen LogP contribution in [-0.2, 0) is 12.8 Å². The molecule has 3 aromatic rings. The molecule has 0 amide bonds. The fourth-order valence-electron chi connectivity index (χ4n) is 2.79. The molecule has 0 aliphatic rings. The second-order valence-electron chi connectivity index (χ2n) is 6.34. The first-order valence-corrected chi connectivity index (χ1v) is 9.38. The zero-order valence-electron chi connectivity index (χ0n) is 16.1. The smallest absolute Gasteiger partial charge is 0.216 e. The fraction of sp³-hybridized carbons (Fsp3) is 0.350. The van der Waals surface area contributed by atoms with Crippen molar-refractivity contribution < 1.29 is 8.81 Å². The summed E-state index contributed by atoms with van der Waals surface area (Å²) in [5.41, 5.74) is 2.08. The van der Waals surface area contributed by atoms with E-state index in [2.05, 4.69) is 30.8 Å². The van der Waals surface area contributed by atoms with E-state index in [4.69, 9.17) is 4.42 Å². The van der Waals surface area contributed by atoms with E-state index in [-0.39, 0.29) is 5.82 Å². The summed E-state index contributed by atoms with van der Waals surface area (Å²) in [6.45, 7) is 5.99. The molecule has 0 unspecified atom stereocenters. The van der Waals surface area contributed by atoms with Crippen LogP contribution in [0.1, 0.15) is 23.9 Å². The van der Waals surface area contributed by atoms with Gasteiger partial charge in [-0.3, -0.25) is 10.1 Å². The number of nitrogens with one attached hydrogen (secondary N) is 3. The van der Waals surface area contributed by atoms with Crippen molar-refractivity contribution in [1.82, 2.24) is 25.8 Å². The molecule has 0 bridgehead atoms. The van der Waals surface area contributed by atoms with E-state index in [0.717, 1.165) is 35.9 Å². The van der Waals surface area contributed by atoms with Crippen molar-refractivity contribution in [3.63, 3.8) is 0 Å². The number of guanidine groups is 1. The molecule has 28 heavy (non-hydrogen) atoms. The van der Waals surface area contributed by atoms with Gasteiger partial charge in [0.1, 0.15) is 11.6 Å². The predicted octanol–water partition coefficient (Wildman–Crippen LogP) is 2.85. The Morgan fingerprint density at radius 1 is 1.25 bits per heavy atom. The number of furan rings is 1. The van der Waals surface area contributed by atoms with Crippen molar-refractivity contribution in [2.24, 2.45) is 4.99 Å². The van der Waals surface area contributed by atoms with Crippen molar-refractivity contribution in [3.8, 4) is 11.6 Å². The first-order valence-electron chi connectivity index (χ1n) is 9.38. The van der Waals surface area contributed by atoms with Crippen LogP contribution in [0, 0.1) is 12.7 Å². The van der Waals surface area contributed by atoms with E-state index >= 15 is 0 Å². The Morgan fingerprint density at radius 2 is 2.14 bits per heavy atom. The fourth-order valence-corrected chi connectivity index (χ4v) is 2.79. The van der Waals surface area contributed by atoms with Gasteiger partial charge in [-0.05, 0) is 55.7 Å². The van der Waals surface area contributed by atoms with Crippen LogP contribution >= 0.6 is 0 Å². The Balaban J connectivity index is 1.49. The number of nitrogens with zero attached hydrogens (tertiary/aromatic N) is 3. The number of aryl methyl sites for hydroxylation is 1. The monoisotopic (exact) mass is 384 g/mol. The summed E-state index contributed by atoms with van der Waals surface area (Å²) in [6.07, 6.45) is 3.03. The minimum atomic E-state index is -0.202. The minimum absolute atomic E-state index is 0.202. The molecule has 1 aromatic carbocycles. The summed E-state index contributed by atoms with van der Waals surface area (Å²) in [7, 11) is 0. The summed E-state index contributed by atoms with van der Waals surface area (Å²) in [6, 6.07) is 8.51. The van der Waals surface area contributed by atoms with E-state index in [1.54, 1.807) is 18.4 Å². The van der Waals surface area contributed by atoms with Crippen molar-refractivity contribution in [3.05, 3.63) is 59.4 Å². The molecule has 0 fully saturated rings. The first-order chi connectivity index (χ1) is 13.7. The number of aromatic amines is 1. The van der Waals surface area contributed by atoms with Gasteiger partial charge in [0.15, 0.2) is 11.7 Å². The molecule has 7 nitrogen and oxygen atoms in total. The van der Waals surface area contributed by atoms with Crippen LogP contribution in [0.15, 0.2) is 46.0 Å². The Labute approximate surface area is 163 Å². The number of aromatic nitrogens is 3. The van der Waals surface area contributed by atoms with Gasteiger partial charge >= 0.3 is 0 Å². The lowest BCUT2D eigenvalue weighted by Gasteiger charge is -2.12. The van der Waals surface area contributed by atoms with Crippen LogP contribution < -0.4 is 10.6 Å². The van der Waals surface area contributed by atoms with E-state index in [1.807, 2.05) is 26.0 Å². The van der Waals surface area contributed by atoms with Crippen molar-refractivity contribution in [2.75, 3.05) is 19.6 Å². The van der Waals surface area contributed by atoms with Crippen LogP contribution in [0.4, 0.5) is 4.39 Å². The van der Waals surface area contributed by atoms with Gasteiger partial charge in [0.2, 0.25) is 5.82 Å². The van der Waals surface area contributed by atoms with Gasteiger partial charge in [0, 0.05) is 26.1 Å². The van der Waals surface area contributed by atoms with Crippen LogP contribution in [0.25, 0.3) is 11.6 Å². The van der Waals surface area contributed by atoms with Gasteiger partial charge < -0.3 is 15.1 Å². The lowest BCUT2D eigenvalue weighted by atomic mass is 10.1. The molecule has 0 atom stereocenters. The Morgan fingerprint density at radius 3 is 2.89 bits per heavy atom. The number of hydrogen-bond donors (Lipinski definition) is 3. The average molecular weight is 384 g/mol. The highest BCUT2D eigenvalue weighted by Crippen LogP contribution is 2.14. The maximum atomic E-state index is 13.2. The standard InChI is InChI=1S/C20H25FN6O/c1-3-22-20(23-10-8-15-6-7-16(21)13-14(15)2)24-11-9-18-25-19(27-26-18)17-5-4-12-28-17/h4-7,12-13H,3,8-11H2,1-2H3,(H2,22,23,24)(H,25,26,27). The molecule has 0 saturated heterocycles. The normalized spacial score (nSPS) is 11.6. The molecular formula is C20H25FN6O. The van der Waals surface area contributed by atoms with E-state index < -0.39 is 0 Å². The maximum Gasteiger partial charge on any atom is 0.216 e. The molecule has 0 aliphatic heterocycles. The second kappa shape index (κ2) is 9.68. The maximum absolute atomic E-state index is 13.2. The zero-order valence-corrected chi connectivity index (χ0v) is 16.1. The number of hydrogen-bond acceptors (Lipinski definition) is 4. The number of benzene rings is 1. The number of halogens is 1. The van der Waals surface area contributed by atoms with Gasteiger partial charge in [-0.25, -0.2) is 9.37 Å². The van der Waals surface area contributed by atoms with Crippen molar-refractivity contribution in [1.29, 1.82) is 0 Å². The van der Waals surface area contributed by atoms with Gasteiger partial charge in [0.25, 0.3) is 0 Å². The molecule has 0 spiro atoms. The van der Waals surface area contributed by atoms with Crippen LogP contribution in [0.5, 0.6) is 0 Å². The molecule has 2 aromatic heterocycles. The molecule has 2 heterocycles. The van der Waals surface area contributed by atoms with Crippen molar-refractivity contribution >= 4 is 5.96 Å². The second-order valence-corrected chi connectivity index (χ2v) is 6.34. The SMILES string of the molecule is CCNC(=NCCc1nc(-c2ccco2)n[nH]1)NCCc1ccc(F)cc1C. The Bertz CT molecular complexity index is 903. The summed E-state index contributed by atoms with van der Waals surface area (Å²) < 4.78 is 18.5. The molecule has 0 saturated carbocycles. The van der Waals surface area contributed by atoms with Crippen molar-refractivity contribution in [2.45, 2.75) is 26.7 Å².